The molecule has 3 rings (SSSR count). The van der Waals surface area contributed by atoms with Gasteiger partial charge < -0.3 is 18.9 Å². The Balaban J connectivity index is 1.64. The molecule has 0 saturated carbocycles. The summed E-state index contributed by atoms with van der Waals surface area (Å²) in [7, 11) is 0. The van der Waals surface area contributed by atoms with Crippen LogP contribution in [0.4, 0.5) is 0 Å². The van der Waals surface area contributed by atoms with Crippen molar-refractivity contribution in [2.24, 2.45) is 0 Å². The van der Waals surface area contributed by atoms with Gasteiger partial charge in [-0.15, -0.1) is 0 Å². The minimum Gasteiger partial charge on any atom is -0.490 e. The fraction of sp³-hybridized carbons (Fsp3) is 0.333. The molecule has 2 N–H and O–H groups in total. The molecule has 0 aromatic heterocycles. The van der Waals surface area contributed by atoms with E-state index in [1.54, 1.807) is 36.4 Å². The van der Waals surface area contributed by atoms with Gasteiger partial charge in [0.15, 0.2) is 23.0 Å². The zero-order chi connectivity index (χ0) is 20.6. The Morgan fingerprint density at radius 1 is 0.862 bits per heavy atom. The Bertz CT molecular complexity index is 883. The number of benzene rings is 2. The van der Waals surface area contributed by atoms with Crippen molar-refractivity contribution in [3.05, 3.63) is 47.5 Å². The molecule has 0 bridgehead atoms. The summed E-state index contributed by atoms with van der Waals surface area (Å²) >= 11 is 0. The van der Waals surface area contributed by atoms with Crippen LogP contribution in [0.5, 0.6) is 23.0 Å². The van der Waals surface area contributed by atoms with Crippen LogP contribution in [0, 0.1) is 0 Å². The molecule has 1 aliphatic heterocycles. The summed E-state index contributed by atoms with van der Waals surface area (Å²) in [5.41, 5.74) is 5.47. The molecule has 2 aromatic rings. The molecule has 0 saturated heterocycles. The number of rotatable bonds is 7. The molecule has 2 aromatic carbocycles. The van der Waals surface area contributed by atoms with Crippen molar-refractivity contribution in [3.63, 3.8) is 0 Å². The van der Waals surface area contributed by atoms with Crippen molar-refractivity contribution >= 4 is 11.8 Å². The van der Waals surface area contributed by atoms with Crippen molar-refractivity contribution < 1.29 is 28.5 Å². The van der Waals surface area contributed by atoms with Gasteiger partial charge in [-0.3, -0.25) is 20.4 Å². The fourth-order valence-corrected chi connectivity index (χ4v) is 2.69. The van der Waals surface area contributed by atoms with E-state index in [0.29, 0.717) is 60.6 Å². The number of amides is 2. The summed E-state index contributed by atoms with van der Waals surface area (Å²) in [5.74, 6) is 1.20. The monoisotopic (exact) mass is 400 g/mol. The lowest BCUT2D eigenvalue weighted by Crippen LogP contribution is -2.41. The molecular weight excluding hydrogens is 376 g/mol. The topological polar surface area (TPSA) is 95.1 Å². The summed E-state index contributed by atoms with van der Waals surface area (Å²) in [5, 5.41) is 0. The van der Waals surface area contributed by atoms with Crippen LogP contribution < -0.4 is 29.8 Å². The van der Waals surface area contributed by atoms with E-state index in [-0.39, 0.29) is 0 Å². The first kappa shape index (κ1) is 20.3. The van der Waals surface area contributed by atoms with Crippen LogP contribution in [0.1, 0.15) is 41.0 Å². The van der Waals surface area contributed by atoms with E-state index in [2.05, 4.69) is 10.9 Å². The third kappa shape index (κ3) is 5.10. The number of carbonyl (C=O) groups excluding carboxylic acids is 2. The molecule has 1 aliphatic rings. The summed E-state index contributed by atoms with van der Waals surface area (Å²) in [6.07, 6.45) is 0.861. The SMILES string of the molecule is CCCOc1ccc(C(=O)NNC(=O)c2ccc3c(c2)OCCO3)cc1OCC. The minimum atomic E-state index is -0.473. The van der Waals surface area contributed by atoms with Gasteiger partial charge in [0.25, 0.3) is 11.8 Å². The van der Waals surface area contributed by atoms with Crippen LogP contribution in [0.2, 0.25) is 0 Å². The van der Waals surface area contributed by atoms with Crippen molar-refractivity contribution in [1.29, 1.82) is 0 Å². The highest BCUT2D eigenvalue weighted by Gasteiger charge is 2.16. The maximum absolute atomic E-state index is 12.4. The molecule has 0 atom stereocenters. The summed E-state index contributed by atoms with van der Waals surface area (Å²) < 4.78 is 22.1. The van der Waals surface area contributed by atoms with E-state index in [1.807, 2.05) is 13.8 Å². The second kappa shape index (κ2) is 9.68. The van der Waals surface area contributed by atoms with Crippen molar-refractivity contribution in [1.82, 2.24) is 10.9 Å². The Labute approximate surface area is 169 Å². The highest BCUT2D eigenvalue weighted by molar-refractivity contribution is 5.99. The quantitative estimate of drug-likeness (QED) is 0.694. The first-order chi connectivity index (χ1) is 14.1. The molecule has 8 heteroatoms. The lowest BCUT2D eigenvalue weighted by Gasteiger charge is -2.18. The Kier molecular flexibility index (Phi) is 6.78. The van der Waals surface area contributed by atoms with E-state index < -0.39 is 11.8 Å². The normalized spacial score (nSPS) is 12.1. The first-order valence-corrected chi connectivity index (χ1v) is 9.52. The average Bonchev–Trinajstić information content (AvgIpc) is 2.76. The number of hydrogen-bond donors (Lipinski definition) is 2. The molecule has 0 spiro atoms. The fourth-order valence-electron chi connectivity index (χ4n) is 2.69. The summed E-state index contributed by atoms with van der Waals surface area (Å²) in [4.78, 5) is 24.8. The summed E-state index contributed by atoms with van der Waals surface area (Å²) in [6.45, 7) is 5.75. The number of nitrogens with one attached hydrogen (secondary N) is 2. The Morgan fingerprint density at radius 3 is 2.21 bits per heavy atom. The molecule has 29 heavy (non-hydrogen) atoms. The number of hydrazine groups is 1. The minimum absolute atomic E-state index is 0.333. The summed E-state index contributed by atoms with van der Waals surface area (Å²) in [6, 6.07) is 9.71. The largest absolute Gasteiger partial charge is 0.490 e. The van der Waals surface area contributed by atoms with Crippen molar-refractivity contribution in [3.8, 4) is 23.0 Å². The molecule has 2 amide bonds. The standard InChI is InChI=1S/C21H24N2O6/c1-3-9-27-16-7-5-14(12-18(16)26-4-2)20(24)22-23-21(25)15-6-8-17-19(13-15)29-11-10-28-17/h5-8,12-13H,3-4,9-11H2,1-2H3,(H,22,24)(H,23,25). The van der Waals surface area contributed by atoms with Crippen LogP contribution in [-0.2, 0) is 0 Å². The van der Waals surface area contributed by atoms with Crippen molar-refractivity contribution in [2.45, 2.75) is 20.3 Å². The average molecular weight is 400 g/mol. The zero-order valence-electron chi connectivity index (χ0n) is 16.4. The predicted molar refractivity (Wildman–Crippen MR) is 106 cm³/mol. The lowest BCUT2D eigenvalue weighted by atomic mass is 10.2. The maximum Gasteiger partial charge on any atom is 0.269 e. The number of carbonyl (C=O) groups is 2. The van der Waals surface area contributed by atoms with Crippen LogP contribution in [0.3, 0.4) is 0 Å². The first-order valence-electron chi connectivity index (χ1n) is 9.52. The van der Waals surface area contributed by atoms with E-state index in [1.165, 1.54) is 0 Å². The number of hydrogen-bond acceptors (Lipinski definition) is 6. The third-order valence-corrected chi connectivity index (χ3v) is 4.06. The molecule has 1 heterocycles. The zero-order valence-corrected chi connectivity index (χ0v) is 16.4. The van der Waals surface area contributed by atoms with E-state index >= 15 is 0 Å². The highest BCUT2D eigenvalue weighted by Crippen LogP contribution is 2.31. The van der Waals surface area contributed by atoms with Crippen LogP contribution in [-0.4, -0.2) is 38.2 Å². The van der Waals surface area contributed by atoms with E-state index in [0.717, 1.165) is 6.42 Å². The maximum atomic E-state index is 12.4. The lowest BCUT2D eigenvalue weighted by molar-refractivity contribution is 0.0846. The van der Waals surface area contributed by atoms with Gasteiger partial charge in [-0.1, -0.05) is 6.92 Å². The van der Waals surface area contributed by atoms with Gasteiger partial charge in [-0.25, -0.2) is 0 Å². The molecule has 0 radical (unpaired) electrons. The van der Waals surface area contributed by atoms with E-state index in [9.17, 15) is 9.59 Å². The Hall–Kier alpha value is -3.42. The number of fused-ring (bicyclic) bond motifs is 1. The predicted octanol–water partition coefficient (Wildman–Crippen LogP) is 2.72. The third-order valence-electron chi connectivity index (χ3n) is 4.06. The molecule has 8 nitrogen and oxygen atoms in total. The van der Waals surface area contributed by atoms with Crippen LogP contribution >= 0.6 is 0 Å². The van der Waals surface area contributed by atoms with Gasteiger partial charge in [0, 0.05) is 11.1 Å². The second-order valence-electron chi connectivity index (χ2n) is 6.21. The highest BCUT2D eigenvalue weighted by atomic mass is 16.6. The van der Waals surface area contributed by atoms with Gasteiger partial charge in [-0.2, -0.15) is 0 Å². The molecular formula is C21H24N2O6. The molecule has 0 aliphatic carbocycles. The van der Waals surface area contributed by atoms with Gasteiger partial charge in [0.1, 0.15) is 13.2 Å². The smallest absolute Gasteiger partial charge is 0.269 e. The Morgan fingerprint density at radius 2 is 1.52 bits per heavy atom. The van der Waals surface area contributed by atoms with Crippen LogP contribution in [0.25, 0.3) is 0 Å². The van der Waals surface area contributed by atoms with Gasteiger partial charge in [0.05, 0.1) is 13.2 Å². The van der Waals surface area contributed by atoms with Gasteiger partial charge >= 0.3 is 0 Å². The van der Waals surface area contributed by atoms with Crippen LogP contribution in [0.15, 0.2) is 36.4 Å². The molecule has 0 unspecified atom stereocenters. The number of ether oxygens (including phenoxy) is 4. The van der Waals surface area contributed by atoms with Gasteiger partial charge in [0.2, 0.25) is 0 Å². The van der Waals surface area contributed by atoms with Crippen molar-refractivity contribution in [2.75, 3.05) is 26.4 Å². The van der Waals surface area contributed by atoms with Gasteiger partial charge in [-0.05, 0) is 49.7 Å². The second-order valence-corrected chi connectivity index (χ2v) is 6.21. The molecule has 154 valence electrons. The van der Waals surface area contributed by atoms with E-state index in [4.69, 9.17) is 18.9 Å². The molecule has 0 fully saturated rings.